The van der Waals surface area contributed by atoms with E-state index in [1.54, 1.807) is 0 Å². The SMILES string of the molecule is C=C[C@](C)(CCC=C(C)C)[C@H](CO)c1ccccc1. The van der Waals surface area contributed by atoms with Gasteiger partial charge >= 0.3 is 0 Å². The molecule has 1 aromatic carbocycles. The highest BCUT2D eigenvalue weighted by Crippen LogP contribution is 2.40. The molecular weight excluding hydrogens is 232 g/mol. The molecular formula is C18H26O. The maximum Gasteiger partial charge on any atom is 0.0508 e. The molecule has 0 aliphatic carbocycles. The molecule has 0 aromatic heterocycles. The van der Waals surface area contributed by atoms with E-state index in [1.165, 1.54) is 11.1 Å². The molecule has 19 heavy (non-hydrogen) atoms. The highest BCUT2D eigenvalue weighted by molar-refractivity contribution is 5.24. The van der Waals surface area contributed by atoms with Crippen LogP contribution in [-0.4, -0.2) is 11.7 Å². The standard InChI is InChI=1S/C18H26O/c1-5-18(4,13-9-10-15(2)3)17(14-19)16-11-7-6-8-12-16/h5-8,10-12,17,19H,1,9,13-14H2,2-4H3/t17-,18-/m1/s1. The summed E-state index contributed by atoms with van der Waals surface area (Å²) in [6, 6.07) is 10.2. The summed E-state index contributed by atoms with van der Waals surface area (Å²) in [7, 11) is 0. The maximum absolute atomic E-state index is 9.79. The predicted octanol–water partition coefficient (Wildman–Crippen LogP) is 4.70. The van der Waals surface area contributed by atoms with Crippen LogP contribution in [0.4, 0.5) is 0 Å². The van der Waals surface area contributed by atoms with Gasteiger partial charge in [-0.05, 0) is 37.7 Å². The van der Waals surface area contributed by atoms with E-state index in [4.69, 9.17) is 0 Å². The van der Waals surface area contributed by atoms with Gasteiger partial charge in [-0.25, -0.2) is 0 Å². The van der Waals surface area contributed by atoms with Crippen LogP contribution in [0.2, 0.25) is 0 Å². The van der Waals surface area contributed by atoms with E-state index in [-0.39, 0.29) is 17.9 Å². The van der Waals surface area contributed by atoms with Gasteiger partial charge in [0.05, 0.1) is 6.61 Å². The largest absolute Gasteiger partial charge is 0.396 e. The molecule has 0 saturated carbocycles. The molecule has 0 radical (unpaired) electrons. The van der Waals surface area contributed by atoms with Crippen LogP contribution < -0.4 is 0 Å². The molecule has 0 spiro atoms. The van der Waals surface area contributed by atoms with Crippen LogP contribution >= 0.6 is 0 Å². The lowest BCUT2D eigenvalue weighted by molar-refractivity contribution is 0.186. The first-order valence-electron chi connectivity index (χ1n) is 6.96. The van der Waals surface area contributed by atoms with E-state index in [9.17, 15) is 5.11 Å². The number of aliphatic hydroxyl groups excluding tert-OH is 1. The lowest BCUT2D eigenvalue weighted by Crippen LogP contribution is -2.26. The summed E-state index contributed by atoms with van der Waals surface area (Å²) in [4.78, 5) is 0. The molecule has 1 aromatic rings. The van der Waals surface area contributed by atoms with Crippen LogP contribution in [0.1, 0.15) is 45.1 Å². The molecule has 0 heterocycles. The Morgan fingerprint density at radius 2 is 1.95 bits per heavy atom. The number of hydrogen-bond acceptors (Lipinski definition) is 1. The molecule has 1 heteroatoms. The van der Waals surface area contributed by atoms with Crippen LogP contribution in [-0.2, 0) is 0 Å². The van der Waals surface area contributed by atoms with E-state index in [0.717, 1.165) is 12.8 Å². The van der Waals surface area contributed by atoms with Crippen molar-refractivity contribution in [2.75, 3.05) is 6.61 Å². The summed E-state index contributed by atoms with van der Waals surface area (Å²) in [5.74, 6) is 0.108. The van der Waals surface area contributed by atoms with Crippen molar-refractivity contribution in [2.45, 2.75) is 39.5 Å². The molecule has 0 saturated heterocycles. The number of aliphatic hydroxyl groups is 1. The molecule has 0 fully saturated rings. The minimum absolute atomic E-state index is 0.0813. The lowest BCUT2D eigenvalue weighted by atomic mass is 9.71. The van der Waals surface area contributed by atoms with Crippen molar-refractivity contribution < 1.29 is 5.11 Å². The molecule has 0 unspecified atom stereocenters. The van der Waals surface area contributed by atoms with Crippen LogP contribution in [0, 0.1) is 5.41 Å². The van der Waals surface area contributed by atoms with Crippen molar-refractivity contribution in [3.8, 4) is 0 Å². The Morgan fingerprint density at radius 1 is 1.32 bits per heavy atom. The number of benzene rings is 1. The molecule has 0 aliphatic heterocycles. The van der Waals surface area contributed by atoms with Gasteiger partial charge in [0.15, 0.2) is 0 Å². The summed E-state index contributed by atoms with van der Waals surface area (Å²) >= 11 is 0. The Balaban J connectivity index is 2.91. The Labute approximate surface area is 117 Å². The fraction of sp³-hybridized carbons (Fsp3) is 0.444. The smallest absolute Gasteiger partial charge is 0.0508 e. The van der Waals surface area contributed by atoms with Gasteiger partial charge in [0.2, 0.25) is 0 Å². The van der Waals surface area contributed by atoms with Crippen molar-refractivity contribution in [2.24, 2.45) is 5.41 Å². The number of rotatable bonds is 7. The van der Waals surface area contributed by atoms with Gasteiger partial charge in [-0.3, -0.25) is 0 Å². The predicted molar refractivity (Wildman–Crippen MR) is 83.2 cm³/mol. The van der Waals surface area contributed by atoms with Crippen molar-refractivity contribution in [3.63, 3.8) is 0 Å². The van der Waals surface area contributed by atoms with Crippen molar-refractivity contribution in [1.29, 1.82) is 0 Å². The summed E-state index contributed by atoms with van der Waals surface area (Å²) in [6.07, 6.45) is 6.27. The zero-order chi connectivity index (χ0) is 14.3. The Hall–Kier alpha value is -1.34. The fourth-order valence-corrected chi connectivity index (χ4v) is 2.47. The minimum atomic E-state index is -0.0813. The second kappa shape index (κ2) is 7.30. The van der Waals surface area contributed by atoms with Gasteiger partial charge in [-0.15, -0.1) is 6.58 Å². The Bertz CT molecular complexity index is 415. The van der Waals surface area contributed by atoms with E-state index in [1.807, 2.05) is 24.3 Å². The second-order valence-electron chi connectivity index (χ2n) is 5.68. The normalized spacial score (nSPS) is 15.4. The Morgan fingerprint density at radius 3 is 2.42 bits per heavy atom. The fourth-order valence-electron chi connectivity index (χ4n) is 2.47. The third-order valence-electron chi connectivity index (χ3n) is 3.88. The monoisotopic (exact) mass is 258 g/mol. The summed E-state index contributed by atoms with van der Waals surface area (Å²) in [6.45, 7) is 10.6. The zero-order valence-corrected chi connectivity index (χ0v) is 12.4. The highest BCUT2D eigenvalue weighted by atomic mass is 16.3. The topological polar surface area (TPSA) is 20.2 Å². The maximum atomic E-state index is 9.79. The number of allylic oxidation sites excluding steroid dienone is 3. The summed E-state index contributed by atoms with van der Waals surface area (Å²) in [5.41, 5.74) is 2.44. The summed E-state index contributed by atoms with van der Waals surface area (Å²) in [5, 5.41) is 9.79. The molecule has 2 atom stereocenters. The third-order valence-corrected chi connectivity index (χ3v) is 3.88. The van der Waals surface area contributed by atoms with Gasteiger partial charge < -0.3 is 5.11 Å². The van der Waals surface area contributed by atoms with Gasteiger partial charge in [0.1, 0.15) is 0 Å². The third kappa shape index (κ3) is 4.36. The average Bonchev–Trinajstić information content (AvgIpc) is 2.40. The zero-order valence-electron chi connectivity index (χ0n) is 12.4. The van der Waals surface area contributed by atoms with Crippen LogP contribution in [0.3, 0.4) is 0 Å². The van der Waals surface area contributed by atoms with Crippen molar-refractivity contribution in [1.82, 2.24) is 0 Å². The quantitative estimate of drug-likeness (QED) is 0.703. The minimum Gasteiger partial charge on any atom is -0.396 e. The van der Waals surface area contributed by atoms with E-state index in [0.29, 0.717) is 0 Å². The highest BCUT2D eigenvalue weighted by Gasteiger charge is 2.31. The van der Waals surface area contributed by atoms with Crippen molar-refractivity contribution >= 4 is 0 Å². The first-order valence-corrected chi connectivity index (χ1v) is 6.96. The molecule has 104 valence electrons. The second-order valence-corrected chi connectivity index (χ2v) is 5.68. The van der Waals surface area contributed by atoms with Crippen LogP contribution in [0.25, 0.3) is 0 Å². The van der Waals surface area contributed by atoms with Crippen LogP contribution in [0.15, 0.2) is 54.6 Å². The Kier molecular flexibility index (Phi) is 6.04. The lowest BCUT2D eigenvalue weighted by Gasteiger charge is -2.34. The van der Waals surface area contributed by atoms with Gasteiger partial charge in [0.25, 0.3) is 0 Å². The average molecular weight is 258 g/mol. The first kappa shape index (κ1) is 15.7. The summed E-state index contributed by atoms with van der Waals surface area (Å²) < 4.78 is 0. The molecule has 1 nitrogen and oxygen atoms in total. The van der Waals surface area contributed by atoms with E-state index >= 15 is 0 Å². The number of hydrogen-bond donors (Lipinski definition) is 1. The molecule has 0 amide bonds. The van der Waals surface area contributed by atoms with Gasteiger partial charge in [0, 0.05) is 5.92 Å². The van der Waals surface area contributed by atoms with E-state index < -0.39 is 0 Å². The van der Waals surface area contributed by atoms with Crippen LogP contribution in [0.5, 0.6) is 0 Å². The molecule has 0 bridgehead atoms. The molecule has 1 rings (SSSR count). The van der Waals surface area contributed by atoms with E-state index in [2.05, 4.69) is 45.6 Å². The molecule has 1 N–H and O–H groups in total. The van der Waals surface area contributed by atoms with Crippen molar-refractivity contribution in [3.05, 3.63) is 60.2 Å². The first-order chi connectivity index (χ1) is 9.03. The molecule has 0 aliphatic rings. The van der Waals surface area contributed by atoms with Gasteiger partial charge in [-0.1, -0.05) is 55.0 Å². The van der Waals surface area contributed by atoms with Gasteiger partial charge in [-0.2, -0.15) is 0 Å².